The normalized spacial score (nSPS) is 11.5. The number of hydrogen-bond donors (Lipinski definition) is 6. The van der Waals surface area contributed by atoms with Crippen LogP contribution in [0.5, 0.6) is 11.5 Å². The standard InChI is InChI=1S/C19H31NO6S.C18H29NO7S.C7H7ClO3S.C7H8O3S.C6H16N2O2.C6H6O4S.2Na/c1-16-7-9-17(10-8-16)27(22,23)20-11-13-25-15-14-24-12-5-6-18(21)26-19(2,3)4;1-18(2,3)26-17(21)5-4-11-24-13-14-25-12-10-19-27(22,23)16-8-6-15(20)7-9-16;1-6-2-4-7(5-3-6)12(9,10)11-8;1-6-2-4-7(5-3-6)11(8,9)10;7-1-3-9-5-6-10-4-2-8;7-5-1-3-6(4-2-5)11(8,9)10;;/h7-10,20H,5-6,11-15H2,1-4H3;6-9,19-20H,4-5,10-14H2,1-3H3;2-5H,1H3;2-5H,1H3,(H,8,9,10);1-8H2;1-4,7H,(H,8,9,10);;/q;;;;;;2*+1/p-2. The van der Waals surface area contributed by atoms with E-state index in [2.05, 4.69) is 13.2 Å². The average Bonchev–Trinajstić information content (AvgIpc) is 0.874. The Labute approximate surface area is 639 Å². The summed E-state index contributed by atoms with van der Waals surface area (Å²) in [5, 5.41) is 17.9. The van der Waals surface area contributed by atoms with Crippen molar-refractivity contribution in [2.24, 2.45) is 11.5 Å². The van der Waals surface area contributed by atoms with Gasteiger partial charge in [-0.25, -0.2) is 43.1 Å². The van der Waals surface area contributed by atoms with E-state index in [0.717, 1.165) is 41.0 Å². The van der Waals surface area contributed by atoms with Crippen molar-refractivity contribution in [3.05, 3.63) is 138 Å². The minimum atomic E-state index is -4.38. The van der Waals surface area contributed by atoms with E-state index in [0.29, 0.717) is 105 Å². The van der Waals surface area contributed by atoms with Crippen LogP contribution in [0, 0.1) is 20.8 Å². The van der Waals surface area contributed by atoms with E-state index in [1.54, 1.807) is 48.5 Å². The van der Waals surface area contributed by atoms with Crippen molar-refractivity contribution in [1.82, 2.24) is 9.44 Å². The van der Waals surface area contributed by atoms with Crippen molar-refractivity contribution in [3.8, 4) is 11.5 Å². The molecule has 0 saturated heterocycles. The van der Waals surface area contributed by atoms with E-state index in [9.17, 15) is 65.9 Å². The molecular formula is C63H95ClN4Na2O25S5. The molecule has 0 radical (unpaired) electrons. The van der Waals surface area contributed by atoms with Gasteiger partial charge in [0.05, 0.1) is 102 Å². The van der Waals surface area contributed by atoms with Crippen molar-refractivity contribution in [2.75, 3.05) is 105 Å². The number of aryl methyl sites for hydroxylation is 3. The number of phenols is 2. The Morgan fingerprint density at radius 1 is 0.410 bits per heavy atom. The number of hydrogen-bond acceptors (Lipinski definition) is 27. The van der Waals surface area contributed by atoms with E-state index >= 15 is 0 Å². The molecule has 0 heterocycles. The molecule has 0 aromatic heterocycles. The minimum Gasteiger partial charge on any atom is -0.744 e. The van der Waals surface area contributed by atoms with Gasteiger partial charge in [-0.15, -0.1) is 0 Å². The number of sulfonamides is 2. The monoisotopic (exact) mass is 1550 g/mol. The first-order chi connectivity index (χ1) is 45.7. The van der Waals surface area contributed by atoms with Crippen LogP contribution in [0.3, 0.4) is 0 Å². The molecule has 0 fully saturated rings. The zero-order chi connectivity index (χ0) is 74.5. The third kappa shape index (κ3) is 53.0. The summed E-state index contributed by atoms with van der Waals surface area (Å²) in [6.07, 6.45) is 1.78. The van der Waals surface area contributed by atoms with Gasteiger partial charge in [-0.1, -0.05) is 53.1 Å². The van der Waals surface area contributed by atoms with Gasteiger partial charge in [-0.05, 0) is 160 Å². The summed E-state index contributed by atoms with van der Waals surface area (Å²) in [6, 6.07) is 28.3. The molecule has 5 aromatic carbocycles. The van der Waals surface area contributed by atoms with Crippen LogP contribution in [-0.2, 0) is 102 Å². The van der Waals surface area contributed by atoms with Crippen molar-refractivity contribution in [2.45, 2.75) is 124 Å². The second-order valence-electron chi connectivity index (χ2n) is 22.3. The van der Waals surface area contributed by atoms with Gasteiger partial charge in [0.1, 0.15) is 42.9 Å². The molecule has 0 aliphatic rings. The molecule has 100 heavy (non-hydrogen) atoms. The molecule has 0 saturated carbocycles. The van der Waals surface area contributed by atoms with E-state index < -0.39 is 61.6 Å². The Morgan fingerprint density at radius 2 is 0.660 bits per heavy atom. The molecule has 0 aliphatic heterocycles. The molecule has 0 atom stereocenters. The molecule has 0 aliphatic carbocycles. The fourth-order valence-corrected chi connectivity index (χ4v) is 10.3. The Balaban J connectivity index is -0.00000119. The number of carbonyl (C=O) groups is 2. The van der Waals surface area contributed by atoms with Crippen LogP contribution in [0.1, 0.15) is 83.9 Å². The minimum absolute atomic E-state index is 0. The van der Waals surface area contributed by atoms with Crippen LogP contribution >= 0.6 is 11.9 Å². The number of phenolic OH excluding ortho intramolecular Hbond substituents is 2. The maximum absolute atomic E-state index is 12.1. The van der Waals surface area contributed by atoms with Gasteiger partial charge in [-0.3, -0.25) is 9.59 Å². The molecule has 8 N–H and O–H groups in total. The zero-order valence-electron chi connectivity index (χ0n) is 58.5. The second kappa shape index (κ2) is 53.9. The first-order valence-corrected chi connectivity index (χ1v) is 37.7. The SMILES string of the molecule is CC(C)(C)OC(=O)CCCOCCOCCNS(=O)(=O)c1ccc(O)cc1.Cc1ccc(S(=O)(=O)NCCOCCOCCCC(=O)OC(C)(C)C)cc1.Cc1ccc(S(=O)(=O)OCl)cc1.Cc1ccc(S(=O)(=O)[O-])cc1.NCCOCCOCCN.O=S(=O)([O-])c1ccc(O)cc1.[Na+].[Na+]. The first-order valence-electron chi connectivity index (χ1n) is 30.2. The summed E-state index contributed by atoms with van der Waals surface area (Å²) in [6.45, 7) is 23.2. The molecule has 0 bridgehead atoms. The number of nitrogens with two attached hydrogens (primary N) is 2. The quantitative estimate of drug-likeness (QED) is 0.0137. The van der Waals surface area contributed by atoms with Gasteiger partial charge in [0.15, 0.2) is 0 Å². The predicted octanol–water partition coefficient (Wildman–Crippen LogP) is 0.249. The fourth-order valence-electron chi connectivity index (χ4n) is 6.62. The first kappa shape index (κ1) is 100. The molecule has 29 nitrogen and oxygen atoms in total. The van der Waals surface area contributed by atoms with E-state index in [1.807, 2.05) is 62.3 Å². The third-order valence-corrected chi connectivity index (χ3v) is 17.4. The molecule has 0 spiro atoms. The van der Waals surface area contributed by atoms with Crippen molar-refractivity contribution < 1.29 is 172 Å². The van der Waals surface area contributed by atoms with Crippen LogP contribution in [-0.4, -0.2) is 190 Å². The zero-order valence-corrected chi connectivity index (χ0v) is 67.4. The largest absolute Gasteiger partial charge is 1.00 e. The van der Waals surface area contributed by atoms with Crippen molar-refractivity contribution in [1.29, 1.82) is 0 Å². The third-order valence-electron chi connectivity index (χ3n) is 11.2. The van der Waals surface area contributed by atoms with Gasteiger partial charge in [0.25, 0.3) is 0 Å². The molecule has 5 rings (SSSR count). The molecule has 5 aromatic rings. The van der Waals surface area contributed by atoms with Crippen LogP contribution in [0.2, 0.25) is 0 Å². The number of halogens is 1. The molecule has 37 heteroatoms. The Bertz CT molecular complexity index is 3400. The summed E-state index contributed by atoms with van der Waals surface area (Å²) < 4.78 is 183. The maximum atomic E-state index is 12.1. The number of ether oxygens (including phenoxy) is 8. The van der Waals surface area contributed by atoms with Gasteiger partial charge in [0.2, 0.25) is 20.0 Å². The molecule has 556 valence electrons. The fraction of sp³-hybridized carbons (Fsp3) is 0.492. The van der Waals surface area contributed by atoms with Crippen LogP contribution in [0.4, 0.5) is 0 Å². The van der Waals surface area contributed by atoms with Gasteiger partial charge >= 0.3 is 81.2 Å². The summed E-state index contributed by atoms with van der Waals surface area (Å²) in [5.41, 5.74) is 12.3. The van der Waals surface area contributed by atoms with Crippen molar-refractivity contribution >= 4 is 74.2 Å². The molecular weight excluding hydrogens is 1450 g/mol. The van der Waals surface area contributed by atoms with E-state index in [4.69, 9.17) is 66.3 Å². The van der Waals surface area contributed by atoms with Gasteiger partial charge in [-0.2, -0.15) is 12.2 Å². The summed E-state index contributed by atoms with van der Waals surface area (Å²) >= 11 is 4.78. The van der Waals surface area contributed by atoms with Gasteiger partial charge in [0, 0.05) is 52.2 Å². The van der Waals surface area contributed by atoms with Crippen LogP contribution in [0.15, 0.2) is 146 Å². The molecule has 0 unspecified atom stereocenters. The number of rotatable bonds is 35. The average molecular weight is 1550 g/mol. The van der Waals surface area contributed by atoms with Crippen LogP contribution in [0.25, 0.3) is 0 Å². The summed E-state index contributed by atoms with van der Waals surface area (Å²) in [5.74, 6) is -0.549. The maximum Gasteiger partial charge on any atom is 1.00 e. The number of esters is 2. The summed E-state index contributed by atoms with van der Waals surface area (Å²) in [7, 11) is -19.5. The Hall–Kier alpha value is -3.84. The number of benzene rings is 5. The number of nitrogens with one attached hydrogen (secondary N) is 2. The second-order valence-corrected chi connectivity index (χ2v) is 30.5. The Morgan fingerprint density at radius 3 is 0.930 bits per heavy atom. The predicted molar refractivity (Wildman–Crippen MR) is 363 cm³/mol. The topological polar surface area (TPSA) is 451 Å². The smallest absolute Gasteiger partial charge is 0.744 e. The van der Waals surface area contributed by atoms with E-state index in [-0.39, 0.29) is 133 Å². The summed E-state index contributed by atoms with van der Waals surface area (Å²) in [4.78, 5) is 22.9. The van der Waals surface area contributed by atoms with Crippen LogP contribution < -0.4 is 80.0 Å². The number of aromatic hydroxyl groups is 2. The van der Waals surface area contributed by atoms with Crippen molar-refractivity contribution in [3.63, 3.8) is 0 Å². The molecule has 0 amide bonds. The Kier molecular flexibility index (Phi) is 54.0. The number of carbonyl (C=O) groups excluding carboxylic acids is 2. The van der Waals surface area contributed by atoms with Gasteiger partial charge < -0.3 is 68.7 Å². The van der Waals surface area contributed by atoms with E-state index in [1.165, 1.54) is 48.5 Å².